The number of carbonyl (C=O) groups is 1. The number of hydrogen-bond acceptors (Lipinski definition) is 2. The first kappa shape index (κ1) is 18.8. The standard InChI is InChI=1S/C12H25NO2.C2H6/c1-4-11(9-14)7-5-6-8-13-12(15)10(2)3;1-2/h10-11,14H,4-9H2,1-3H3,(H,13,15);1-2H3. The molecule has 1 atom stereocenters. The second-order valence-electron chi connectivity index (χ2n) is 4.40. The summed E-state index contributed by atoms with van der Waals surface area (Å²) in [5.41, 5.74) is 0. The Bertz CT molecular complexity index is 166. The fourth-order valence-corrected chi connectivity index (χ4v) is 1.40. The fourth-order valence-electron chi connectivity index (χ4n) is 1.40. The molecular formula is C14H31NO2. The van der Waals surface area contributed by atoms with Crippen LogP contribution in [0, 0.1) is 11.8 Å². The molecule has 0 aromatic carbocycles. The minimum atomic E-state index is 0.0748. The second kappa shape index (κ2) is 13.5. The molecule has 0 saturated heterocycles. The summed E-state index contributed by atoms with van der Waals surface area (Å²) in [5.74, 6) is 0.640. The van der Waals surface area contributed by atoms with Gasteiger partial charge >= 0.3 is 0 Å². The van der Waals surface area contributed by atoms with Gasteiger partial charge in [-0.2, -0.15) is 0 Å². The van der Waals surface area contributed by atoms with Gasteiger partial charge in [-0.15, -0.1) is 0 Å². The van der Waals surface area contributed by atoms with Crippen LogP contribution in [0.5, 0.6) is 0 Å². The molecule has 1 unspecified atom stereocenters. The van der Waals surface area contributed by atoms with E-state index in [1.165, 1.54) is 0 Å². The van der Waals surface area contributed by atoms with Gasteiger partial charge in [-0.1, -0.05) is 47.5 Å². The van der Waals surface area contributed by atoms with Gasteiger partial charge in [-0.3, -0.25) is 4.79 Å². The van der Waals surface area contributed by atoms with Crippen molar-refractivity contribution >= 4 is 5.91 Å². The summed E-state index contributed by atoms with van der Waals surface area (Å²) in [6.07, 6.45) is 4.19. The minimum absolute atomic E-state index is 0.0748. The molecule has 0 radical (unpaired) electrons. The highest BCUT2D eigenvalue weighted by atomic mass is 16.3. The van der Waals surface area contributed by atoms with Gasteiger partial charge in [0.05, 0.1) is 0 Å². The molecule has 2 N–H and O–H groups in total. The van der Waals surface area contributed by atoms with Crippen molar-refractivity contribution in [3.8, 4) is 0 Å². The number of hydrogen-bond donors (Lipinski definition) is 2. The molecular weight excluding hydrogens is 214 g/mol. The van der Waals surface area contributed by atoms with Gasteiger partial charge in [0.15, 0.2) is 0 Å². The van der Waals surface area contributed by atoms with Crippen molar-refractivity contribution in [2.45, 2.75) is 60.3 Å². The average molecular weight is 245 g/mol. The lowest BCUT2D eigenvalue weighted by Crippen LogP contribution is -2.28. The number of carbonyl (C=O) groups excluding carboxylic acids is 1. The minimum Gasteiger partial charge on any atom is -0.396 e. The average Bonchev–Trinajstić information content (AvgIpc) is 2.35. The Morgan fingerprint density at radius 1 is 1.24 bits per heavy atom. The number of aliphatic hydroxyl groups is 1. The largest absolute Gasteiger partial charge is 0.396 e. The molecule has 1 amide bonds. The SMILES string of the molecule is CC.CCC(CO)CCCCNC(=O)C(C)C. The first-order chi connectivity index (χ1) is 8.11. The molecule has 0 aliphatic heterocycles. The molecule has 3 nitrogen and oxygen atoms in total. The topological polar surface area (TPSA) is 49.3 Å². The molecule has 0 aromatic rings. The Morgan fingerprint density at radius 3 is 2.24 bits per heavy atom. The summed E-state index contributed by atoms with van der Waals surface area (Å²) in [7, 11) is 0. The third-order valence-corrected chi connectivity index (χ3v) is 2.70. The van der Waals surface area contributed by atoms with E-state index in [9.17, 15) is 4.79 Å². The van der Waals surface area contributed by atoms with Crippen molar-refractivity contribution in [3.63, 3.8) is 0 Å². The van der Waals surface area contributed by atoms with Gasteiger partial charge in [0.2, 0.25) is 5.91 Å². The molecule has 0 aromatic heterocycles. The molecule has 0 saturated carbocycles. The molecule has 104 valence electrons. The van der Waals surface area contributed by atoms with E-state index in [0.717, 1.165) is 32.2 Å². The molecule has 0 aliphatic rings. The number of amides is 1. The normalized spacial score (nSPS) is 11.7. The Labute approximate surface area is 107 Å². The smallest absolute Gasteiger partial charge is 0.222 e. The predicted octanol–water partition coefficient (Wildman–Crippen LogP) is 2.97. The maximum absolute atomic E-state index is 11.2. The molecule has 0 spiro atoms. The molecule has 0 aliphatic carbocycles. The van der Waals surface area contributed by atoms with Crippen LogP contribution < -0.4 is 5.32 Å². The molecule has 0 bridgehead atoms. The van der Waals surface area contributed by atoms with E-state index in [2.05, 4.69) is 12.2 Å². The van der Waals surface area contributed by atoms with Crippen molar-refractivity contribution in [1.82, 2.24) is 5.32 Å². The van der Waals surface area contributed by atoms with Crippen LogP contribution in [0.25, 0.3) is 0 Å². The van der Waals surface area contributed by atoms with Crippen LogP contribution in [0.2, 0.25) is 0 Å². The summed E-state index contributed by atoms with van der Waals surface area (Å²) in [4.78, 5) is 11.2. The maximum Gasteiger partial charge on any atom is 0.222 e. The summed E-state index contributed by atoms with van der Waals surface area (Å²) in [5, 5.41) is 11.9. The van der Waals surface area contributed by atoms with Crippen LogP contribution in [0.3, 0.4) is 0 Å². The quantitative estimate of drug-likeness (QED) is 0.646. The number of rotatable bonds is 8. The van der Waals surface area contributed by atoms with Crippen molar-refractivity contribution in [2.75, 3.05) is 13.2 Å². The molecule has 0 fully saturated rings. The Kier molecular flexibility index (Phi) is 14.9. The van der Waals surface area contributed by atoms with Crippen LogP contribution in [0.1, 0.15) is 60.3 Å². The zero-order chi connectivity index (χ0) is 13.7. The Hall–Kier alpha value is -0.570. The first-order valence-corrected chi connectivity index (χ1v) is 7.00. The van der Waals surface area contributed by atoms with E-state index in [1.54, 1.807) is 0 Å². The zero-order valence-electron chi connectivity index (χ0n) is 12.3. The highest BCUT2D eigenvalue weighted by Crippen LogP contribution is 2.10. The first-order valence-electron chi connectivity index (χ1n) is 7.00. The van der Waals surface area contributed by atoms with Crippen molar-refractivity contribution in [1.29, 1.82) is 0 Å². The lowest BCUT2D eigenvalue weighted by atomic mass is 10.0. The van der Waals surface area contributed by atoms with E-state index in [4.69, 9.17) is 5.11 Å². The monoisotopic (exact) mass is 245 g/mol. The van der Waals surface area contributed by atoms with Gasteiger partial charge in [-0.05, 0) is 18.8 Å². The van der Waals surface area contributed by atoms with E-state index in [-0.39, 0.29) is 18.4 Å². The zero-order valence-corrected chi connectivity index (χ0v) is 12.3. The van der Waals surface area contributed by atoms with Crippen LogP contribution in [0.15, 0.2) is 0 Å². The summed E-state index contributed by atoms with van der Waals surface area (Å²) >= 11 is 0. The second-order valence-corrected chi connectivity index (χ2v) is 4.40. The van der Waals surface area contributed by atoms with Gasteiger partial charge < -0.3 is 10.4 Å². The summed E-state index contributed by atoms with van der Waals surface area (Å²) < 4.78 is 0. The number of nitrogens with one attached hydrogen (secondary N) is 1. The third-order valence-electron chi connectivity index (χ3n) is 2.70. The summed E-state index contributed by atoms with van der Waals surface area (Å²) in [6, 6.07) is 0. The van der Waals surface area contributed by atoms with Crippen LogP contribution >= 0.6 is 0 Å². The number of aliphatic hydroxyl groups excluding tert-OH is 1. The van der Waals surface area contributed by atoms with Gasteiger partial charge in [0, 0.05) is 19.1 Å². The molecule has 17 heavy (non-hydrogen) atoms. The van der Waals surface area contributed by atoms with Crippen molar-refractivity contribution in [3.05, 3.63) is 0 Å². The van der Waals surface area contributed by atoms with Gasteiger partial charge in [-0.25, -0.2) is 0 Å². The summed E-state index contributed by atoms with van der Waals surface area (Å²) in [6.45, 7) is 10.9. The molecule has 0 rings (SSSR count). The lowest BCUT2D eigenvalue weighted by molar-refractivity contribution is -0.123. The van der Waals surface area contributed by atoms with Crippen molar-refractivity contribution in [2.24, 2.45) is 11.8 Å². The van der Waals surface area contributed by atoms with Crippen molar-refractivity contribution < 1.29 is 9.90 Å². The lowest BCUT2D eigenvalue weighted by Gasteiger charge is -2.11. The van der Waals surface area contributed by atoms with E-state index in [1.807, 2.05) is 27.7 Å². The third kappa shape index (κ3) is 11.7. The Morgan fingerprint density at radius 2 is 1.82 bits per heavy atom. The van der Waals surface area contributed by atoms with Crippen LogP contribution in [0.4, 0.5) is 0 Å². The number of unbranched alkanes of at least 4 members (excludes halogenated alkanes) is 1. The van der Waals surface area contributed by atoms with Gasteiger partial charge in [0.25, 0.3) is 0 Å². The fraction of sp³-hybridized carbons (Fsp3) is 0.929. The van der Waals surface area contributed by atoms with Crippen LogP contribution in [-0.2, 0) is 4.79 Å². The molecule has 0 heterocycles. The van der Waals surface area contributed by atoms with Crippen LogP contribution in [-0.4, -0.2) is 24.2 Å². The Balaban J connectivity index is 0. The van der Waals surface area contributed by atoms with Gasteiger partial charge in [0.1, 0.15) is 0 Å². The molecule has 3 heteroatoms. The maximum atomic E-state index is 11.2. The van der Waals surface area contributed by atoms with E-state index < -0.39 is 0 Å². The highest BCUT2D eigenvalue weighted by Gasteiger charge is 2.06. The van der Waals surface area contributed by atoms with E-state index in [0.29, 0.717) is 5.92 Å². The highest BCUT2D eigenvalue weighted by molar-refractivity contribution is 5.77. The predicted molar refractivity (Wildman–Crippen MR) is 73.9 cm³/mol. The van der Waals surface area contributed by atoms with E-state index >= 15 is 0 Å².